The monoisotopic (exact) mass is 387 g/mol. The molecule has 1 aromatic carbocycles. The molecule has 1 fully saturated rings. The molecule has 0 spiro atoms. The van der Waals surface area contributed by atoms with Crippen LogP contribution >= 0.6 is 11.6 Å². The summed E-state index contributed by atoms with van der Waals surface area (Å²) in [7, 11) is 0. The average molecular weight is 388 g/mol. The number of para-hydroxylation sites is 1. The molecule has 0 radical (unpaired) electrons. The standard InChI is InChI=1S/C20H24ClN5O/c1-15-12-17(23-27-15)13-24-8-10-25(11-9-24)14-19-16(2)22-26(20(19)21)18-6-4-3-5-7-18/h3-7,12H,8-11,13-14H2,1-2H3/p+2. The number of benzene rings is 1. The van der Waals surface area contributed by atoms with Crippen LogP contribution in [0.25, 0.3) is 5.69 Å². The topological polar surface area (TPSA) is 52.7 Å². The molecule has 2 N–H and O–H groups in total. The van der Waals surface area contributed by atoms with Gasteiger partial charge in [-0.15, -0.1) is 0 Å². The number of aryl methyl sites for hydroxylation is 2. The quantitative estimate of drug-likeness (QED) is 0.674. The van der Waals surface area contributed by atoms with Gasteiger partial charge in [0.05, 0.1) is 16.9 Å². The number of halogens is 1. The SMILES string of the molecule is Cc1cc(C[NH+]2CC[NH+](Cc3c(C)nn(-c4ccccc4)c3Cl)CC2)no1. The van der Waals surface area contributed by atoms with Crippen LogP contribution < -0.4 is 9.80 Å². The van der Waals surface area contributed by atoms with Crippen LogP contribution in [0.3, 0.4) is 0 Å². The zero-order chi connectivity index (χ0) is 18.8. The van der Waals surface area contributed by atoms with Gasteiger partial charge in [0, 0.05) is 6.07 Å². The minimum absolute atomic E-state index is 0.735. The first kappa shape index (κ1) is 18.2. The van der Waals surface area contributed by atoms with Gasteiger partial charge in [-0.05, 0) is 26.0 Å². The first-order chi connectivity index (χ1) is 13.1. The van der Waals surface area contributed by atoms with Gasteiger partial charge in [-0.25, -0.2) is 4.68 Å². The predicted octanol–water partition coefficient (Wildman–Crippen LogP) is 0.614. The summed E-state index contributed by atoms with van der Waals surface area (Å²) in [5.74, 6) is 0.884. The minimum atomic E-state index is 0.735. The van der Waals surface area contributed by atoms with Crippen molar-refractivity contribution >= 4 is 11.6 Å². The number of piperazine rings is 1. The molecular formula is C20H26ClN5O+2. The van der Waals surface area contributed by atoms with Crippen molar-refractivity contribution in [2.45, 2.75) is 26.9 Å². The fourth-order valence-corrected chi connectivity index (χ4v) is 4.13. The van der Waals surface area contributed by atoms with Gasteiger partial charge in [-0.1, -0.05) is 35.0 Å². The molecule has 0 aliphatic carbocycles. The van der Waals surface area contributed by atoms with E-state index in [1.54, 1.807) is 9.80 Å². The van der Waals surface area contributed by atoms with Gasteiger partial charge in [0.25, 0.3) is 0 Å². The highest BCUT2D eigenvalue weighted by molar-refractivity contribution is 6.30. The Labute approximate surface area is 164 Å². The number of hydrogen-bond acceptors (Lipinski definition) is 3. The maximum Gasteiger partial charge on any atom is 0.142 e. The van der Waals surface area contributed by atoms with E-state index < -0.39 is 0 Å². The van der Waals surface area contributed by atoms with Crippen LogP contribution in [0.15, 0.2) is 40.9 Å². The molecule has 142 valence electrons. The lowest BCUT2D eigenvalue weighted by molar-refractivity contribution is -1.02. The first-order valence-corrected chi connectivity index (χ1v) is 9.86. The molecule has 0 atom stereocenters. The van der Waals surface area contributed by atoms with E-state index in [1.807, 2.05) is 48.0 Å². The van der Waals surface area contributed by atoms with Gasteiger partial charge in [0.2, 0.25) is 0 Å². The van der Waals surface area contributed by atoms with Gasteiger partial charge in [0.1, 0.15) is 55.9 Å². The molecule has 27 heavy (non-hydrogen) atoms. The summed E-state index contributed by atoms with van der Waals surface area (Å²) in [6.45, 7) is 10.4. The van der Waals surface area contributed by atoms with Crippen molar-refractivity contribution in [2.24, 2.45) is 0 Å². The van der Waals surface area contributed by atoms with E-state index in [2.05, 4.69) is 17.2 Å². The fraction of sp³-hybridized carbons (Fsp3) is 0.400. The number of hydrogen-bond donors (Lipinski definition) is 2. The molecule has 0 saturated carbocycles. The number of aromatic nitrogens is 3. The Bertz CT molecular complexity index is 896. The summed E-state index contributed by atoms with van der Waals surface area (Å²) in [5, 5.41) is 9.52. The van der Waals surface area contributed by atoms with E-state index in [9.17, 15) is 0 Å². The third-order valence-corrected chi connectivity index (χ3v) is 5.71. The summed E-state index contributed by atoms with van der Waals surface area (Å²) in [5.41, 5.74) is 4.23. The van der Waals surface area contributed by atoms with Crippen LogP contribution in [0, 0.1) is 13.8 Å². The van der Waals surface area contributed by atoms with Crippen molar-refractivity contribution in [3.63, 3.8) is 0 Å². The molecule has 0 unspecified atom stereocenters. The predicted molar refractivity (Wildman–Crippen MR) is 103 cm³/mol. The number of nitrogens with zero attached hydrogens (tertiary/aromatic N) is 3. The highest BCUT2D eigenvalue weighted by Gasteiger charge is 2.26. The van der Waals surface area contributed by atoms with Crippen LogP contribution in [-0.2, 0) is 13.1 Å². The Hall–Kier alpha value is -2.15. The van der Waals surface area contributed by atoms with E-state index in [0.717, 1.165) is 72.8 Å². The minimum Gasteiger partial charge on any atom is -0.361 e. The highest BCUT2D eigenvalue weighted by atomic mass is 35.5. The van der Waals surface area contributed by atoms with Crippen molar-refractivity contribution in [3.8, 4) is 5.69 Å². The molecular weight excluding hydrogens is 362 g/mol. The van der Waals surface area contributed by atoms with Gasteiger partial charge >= 0.3 is 0 Å². The molecule has 7 heteroatoms. The van der Waals surface area contributed by atoms with Crippen molar-refractivity contribution in [2.75, 3.05) is 26.2 Å². The number of rotatable bonds is 5. The third-order valence-electron chi connectivity index (χ3n) is 5.32. The molecule has 1 aliphatic rings. The second-order valence-electron chi connectivity index (χ2n) is 7.38. The molecule has 4 rings (SSSR count). The van der Waals surface area contributed by atoms with Gasteiger partial charge in [-0.3, -0.25) is 0 Å². The molecule has 0 bridgehead atoms. The smallest absolute Gasteiger partial charge is 0.142 e. The largest absolute Gasteiger partial charge is 0.361 e. The average Bonchev–Trinajstić information content (AvgIpc) is 3.21. The molecule has 2 aromatic heterocycles. The Morgan fingerprint density at radius 3 is 2.33 bits per heavy atom. The summed E-state index contributed by atoms with van der Waals surface area (Å²) >= 11 is 6.68. The normalized spacial score (nSPS) is 20.1. The van der Waals surface area contributed by atoms with Crippen molar-refractivity contribution in [3.05, 3.63) is 64.3 Å². The summed E-state index contributed by atoms with van der Waals surface area (Å²) in [6, 6.07) is 12.1. The Morgan fingerprint density at radius 2 is 1.70 bits per heavy atom. The van der Waals surface area contributed by atoms with Crippen LogP contribution in [-0.4, -0.2) is 41.1 Å². The van der Waals surface area contributed by atoms with Crippen LogP contribution in [0.2, 0.25) is 5.15 Å². The van der Waals surface area contributed by atoms with Crippen LogP contribution in [0.1, 0.15) is 22.7 Å². The first-order valence-electron chi connectivity index (χ1n) is 9.49. The molecule has 3 heterocycles. The van der Waals surface area contributed by atoms with E-state index in [-0.39, 0.29) is 0 Å². The lowest BCUT2D eigenvalue weighted by atomic mass is 10.2. The Kier molecular flexibility index (Phi) is 5.29. The zero-order valence-electron chi connectivity index (χ0n) is 15.8. The summed E-state index contributed by atoms with van der Waals surface area (Å²) in [6.07, 6.45) is 0. The maximum atomic E-state index is 6.68. The Balaban J connectivity index is 1.38. The van der Waals surface area contributed by atoms with Gasteiger partial charge in [0.15, 0.2) is 0 Å². The maximum absolute atomic E-state index is 6.68. The number of quaternary nitrogens is 2. The summed E-state index contributed by atoms with van der Waals surface area (Å²) in [4.78, 5) is 3.13. The van der Waals surface area contributed by atoms with Gasteiger partial charge in [-0.2, -0.15) is 5.10 Å². The van der Waals surface area contributed by atoms with Gasteiger partial charge < -0.3 is 14.3 Å². The van der Waals surface area contributed by atoms with Crippen LogP contribution in [0.5, 0.6) is 0 Å². The molecule has 6 nitrogen and oxygen atoms in total. The highest BCUT2D eigenvalue weighted by Crippen LogP contribution is 2.22. The fourth-order valence-electron chi connectivity index (χ4n) is 3.79. The number of nitrogens with one attached hydrogen (secondary N) is 2. The van der Waals surface area contributed by atoms with E-state index in [1.165, 1.54) is 0 Å². The lowest BCUT2D eigenvalue weighted by Gasteiger charge is -2.29. The van der Waals surface area contributed by atoms with E-state index >= 15 is 0 Å². The molecule has 1 aliphatic heterocycles. The van der Waals surface area contributed by atoms with E-state index in [0.29, 0.717) is 0 Å². The van der Waals surface area contributed by atoms with E-state index in [4.69, 9.17) is 16.1 Å². The third kappa shape index (κ3) is 4.08. The van der Waals surface area contributed by atoms with Crippen molar-refractivity contribution in [1.82, 2.24) is 14.9 Å². The van der Waals surface area contributed by atoms with Crippen molar-refractivity contribution < 1.29 is 14.3 Å². The molecule has 0 amide bonds. The van der Waals surface area contributed by atoms with Crippen LogP contribution in [0.4, 0.5) is 0 Å². The zero-order valence-corrected chi connectivity index (χ0v) is 16.6. The second-order valence-corrected chi connectivity index (χ2v) is 7.74. The molecule has 3 aromatic rings. The lowest BCUT2D eigenvalue weighted by Crippen LogP contribution is -3.27. The molecule has 1 saturated heterocycles. The Morgan fingerprint density at radius 1 is 1.04 bits per heavy atom. The second kappa shape index (κ2) is 7.84. The van der Waals surface area contributed by atoms with Crippen molar-refractivity contribution in [1.29, 1.82) is 0 Å². The summed E-state index contributed by atoms with van der Waals surface area (Å²) < 4.78 is 7.03.